The molecule has 24 heavy (non-hydrogen) atoms. The second-order valence-corrected chi connectivity index (χ2v) is 6.47. The highest BCUT2D eigenvalue weighted by atomic mass is 16.2. The molecule has 0 spiro atoms. The number of nitrogens with zero attached hydrogens (tertiary/aromatic N) is 3. The van der Waals surface area contributed by atoms with Gasteiger partial charge in [0.25, 0.3) is 5.91 Å². The van der Waals surface area contributed by atoms with Crippen molar-refractivity contribution in [1.82, 2.24) is 9.80 Å². The monoisotopic (exact) mass is 329 g/mol. The molecule has 0 aromatic heterocycles. The largest absolute Gasteiger partial charge is 0.339 e. The lowest BCUT2D eigenvalue weighted by Crippen LogP contribution is -2.50. The van der Waals surface area contributed by atoms with Crippen LogP contribution < -0.4 is 4.90 Å². The lowest BCUT2D eigenvalue weighted by Gasteiger charge is -2.35. The number of anilines is 1. The summed E-state index contributed by atoms with van der Waals surface area (Å²) in [5, 5.41) is 0. The maximum atomic E-state index is 13.0. The van der Waals surface area contributed by atoms with E-state index in [0.717, 1.165) is 12.0 Å². The molecule has 3 amide bonds. The number of hydrogen-bond donors (Lipinski definition) is 0. The van der Waals surface area contributed by atoms with Crippen molar-refractivity contribution < 1.29 is 14.4 Å². The van der Waals surface area contributed by atoms with E-state index in [1.807, 2.05) is 25.1 Å². The van der Waals surface area contributed by atoms with Gasteiger partial charge < -0.3 is 14.7 Å². The first-order valence-electron chi connectivity index (χ1n) is 8.43. The molecule has 0 N–H and O–H groups in total. The Balaban J connectivity index is 1.83. The van der Waals surface area contributed by atoms with Crippen molar-refractivity contribution in [3.8, 4) is 0 Å². The SMILES string of the molecule is CC(=O)N1CCN(C(=O)c2cc(C)ccc2N2CCCC2=O)CC1. The van der Waals surface area contributed by atoms with Gasteiger partial charge in [-0.05, 0) is 25.5 Å². The van der Waals surface area contributed by atoms with Crippen LogP contribution in [0.3, 0.4) is 0 Å². The molecule has 6 heteroatoms. The van der Waals surface area contributed by atoms with E-state index < -0.39 is 0 Å². The minimum Gasteiger partial charge on any atom is -0.339 e. The predicted octanol–water partition coefficient (Wildman–Crippen LogP) is 1.43. The Bertz CT molecular complexity index is 678. The fourth-order valence-electron chi connectivity index (χ4n) is 3.35. The molecule has 128 valence electrons. The van der Waals surface area contributed by atoms with Gasteiger partial charge in [0.2, 0.25) is 11.8 Å². The summed E-state index contributed by atoms with van der Waals surface area (Å²) >= 11 is 0. The zero-order valence-electron chi connectivity index (χ0n) is 14.2. The molecule has 2 aliphatic rings. The quantitative estimate of drug-likeness (QED) is 0.824. The second-order valence-electron chi connectivity index (χ2n) is 6.47. The smallest absolute Gasteiger partial charge is 0.256 e. The van der Waals surface area contributed by atoms with Gasteiger partial charge in [-0.1, -0.05) is 11.6 Å². The summed E-state index contributed by atoms with van der Waals surface area (Å²) in [7, 11) is 0. The molecule has 2 fully saturated rings. The molecule has 0 bridgehead atoms. The third-order valence-electron chi connectivity index (χ3n) is 4.76. The van der Waals surface area contributed by atoms with E-state index in [-0.39, 0.29) is 17.7 Å². The van der Waals surface area contributed by atoms with Crippen LogP contribution in [0, 0.1) is 6.92 Å². The molecule has 0 radical (unpaired) electrons. The number of amides is 3. The third-order valence-corrected chi connectivity index (χ3v) is 4.76. The van der Waals surface area contributed by atoms with Crippen molar-refractivity contribution in [2.45, 2.75) is 26.7 Å². The molecule has 6 nitrogen and oxygen atoms in total. The van der Waals surface area contributed by atoms with Crippen molar-refractivity contribution in [2.75, 3.05) is 37.6 Å². The van der Waals surface area contributed by atoms with Crippen LogP contribution in [0.4, 0.5) is 5.69 Å². The van der Waals surface area contributed by atoms with Crippen LogP contribution in [0.15, 0.2) is 18.2 Å². The van der Waals surface area contributed by atoms with E-state index in [9.17, 15) is 14.4 Å². The standard InChI is InChI=1S/C18H23N3O3/c1-13-5-6-16(21-7-3-4-17(21)23)15(12-13)18(24)20-10-8-19(9-11-20)14(2)22/h5-6,12H,3-4,7-11H2,1-2H3. The van der Waals surface area contributed by atoms with Crippen molar-refractivity contribution in [3.05, 3.63) is 29.3 Å². The highest BCUT2D eigenvalue weighted by molar-refractivity contribution is 6.05. The Morgan fingerprint density at radius 1 is 1.00 bits per heavy atom. The Kier molecular flexibility index (Phi) is 4.55. The van der Waals surface area contributed by atoms with Crippen LogP contribution in [0.5, 0.6) is 0 Å². The average Bonchev–Trinajstić information content (AvgIpc) is 3.00. The maximum Gasteiger partial charge on any atom is 0.256 e. The van der Waals surface area contributed by atoms with Crippen LogP contribution in [-0.2, 0) is 9.59 Å². The molecule has 0 atom stereocenters. The van der Waals surface area contributed by atoms with Crippen molar-refractivity contribution in [2.24, 2.45) is 0 Å². The van der Waals surface area contributed by atoms with E-state index in [2.05, 4.69) is 0 Å². The van der Waals surface area contributed by atoms with Crippen LogP contribution in [-0.4, -0.2) is 60.2 Å². The predicted molar refractivity (Wildman–Crippen MR) is 90.9 cm³/mol. The molecule has 2 aliphatic heterocycles. The van der Waals surface area contributed by atoms with Gasteiger partial charge in [0.15, 0.2) is 0 Å². The van der Waals surface area contributed by atoms with Crippen LogP contribution in [0.2, 0.25) is 0 Å². The molecule has 0 aliphatic carbocycles. The molecule has 1 aromatic rings. The van der Waals surface area contributed by atoms with Crippen LogP contribution in [0.1, 0.15) is 35.7 Å². The van der Waals surface area contributed by atoms with E-state index in [1.165, 1.54) is 0 Å². The lowest BCUT2D eigenvalue weighted by molar-refractivity contribution is -0.130. The van der Waals surface area contributed by atoms with Gasteiger partial charge in [-0.2, -0.15) is 0 Å². The highest BCUT2D eigenvalue weighted by Gasteiger charge is 2.29. The summed E-state index contributed by atoms with van der Waals surface area (Å²) in [6.45, 7) is 6.34. The number of carbonyl (C=O) groups is 3. The van der Waals surface area contributed by atoms with Gasteiger partial charge in [-0.3, -0.25) is 14.4 Å². The van der Waals surface area contributed by atoms with E-state index in [4.69, 9.17) is 0 Å². The molecule has 0 unspecified atom stereocenters. The second kappa shape index (κ2) is 6.63. The lowest BCUT2D eigenvalue weighted by atomic mass is 10.1. The van der Waals surface area contributed by atoms with E-state index in [0.29, 0.717) is 50.4 Å². The minimum atomic E-state index is -0.0587. The number of aryl methyl sites for hydroxylation is 1. The third kappa shape index (κ3) is 3.13. The Morgan fingerprint density at radius 3 is 2.25 bits per heavy atom. The normalized spacial score (nSPS) is 18.2. The number of carbonyl (C=O) groups excluding carboxylic acids is 3. The fourth-order valence-corrected chi connectivity index (χ4v) is 3.35. The van der Waals surface area contributed by atoms with Crippen molar-refractivity contribution in [1.29, 1.82) is 0 Å². The Labute approximate surface area is 142 Å². The number of hydrogen-bond acceptors (Lipinski definition) is 3. The molecule has 1 aromatic carbocycles. The van der Waals surface area contributed by atoms with E-state index >= 15 is 0 Å². The summed E-state index contributed by atoms with van der Waals surface area (Å²) in [5.41, 5.74) is 2.29. The zero-order chi connectivity index (χ0) is 17.3. The molecular weight excluding hydrogens is 306 g/mol. The van der Waals surface area contributed by atoms with Crippen molar-refractivity contribution in [3.63, 3.8) is 0 Å². The summed E-state index contributed by atoms with van der Waals surface area (Å²) in [6.07, 6.45) is 1.37. The first kappa shape index (κ1) is 16.5. The summed E-state index contributed by atoms with van der Waals surface area (Å²) in [4.78, 5) is 41.8. The Hall–Kier alpha value is -2.37. The molecule has 2 saturated heterocycles. The molecule has 0 saturated carbocycles. The van der Waals surface area contributed by atoms with Crippen LogP contribution in [0.25, 0.3) is 0 Å². The van der Waals surface area contributed by atoms with Crippen LogP contribution >= 0.6 is 0 Å². The van der Waals surface area contributed by atoms with Gasteiger partial charge in [0.1, 0.15) is 0 Å². The summed E-state index contributed by atoms with van der Waals surface area (Å²) < 4.78 is 0. The zero-order valence-corrected chi connectivity index (χ0v) is 14.2. The van der Waals surface area contributed by atoms with Gasteiger partial charge in [-0.15, -0.1) is 0 Å². The highest BCUT2D eigenvalue weighted by Crippen LogP contribution is 2.28. The topological polar surface area (TPSA) is 60.9 Å². The number of benzene rings is 1. The number of rotatable bonds is 2. The van der Waals surface area contributed by atoms with Gasteiger partial charge in [0, 0.05) is 46.1 Å². The maximum absolute atomic E-state index is 13.0. The molecular formula is C18H23N3O3. The van der Waals surface area contributed by atoms with Gasteiger partial charge in [-0.25, -0.2) is 0 Å². The summed E-state index contributed by atoms with van der Waals surface area (Å²) in [5.74, 6) is 0.0620. The first-order chi connectivity index (χ1) is 11.5. The average molecular weight is 329 g/mol. The molecule has 3 rings (SSSR count). The number of piperazine rings is 1. The van der Waals surface area contributed by atoms with E-state index in [1.54, 1.807) is 21.6 Å². The summed E-state index contributed by atoms with van der Waals surface area (Å²) in [6, 6.07) is 5.67. The minimum absolute atomic E-state index is 0.0426. The molecule has 2 heterocycles. The van der Waals surface area contributed by atoms with Gasteiger partial charge >= 0.3 is 0 Å². The fraction of sp³-hybridized carbons (Fsp3) is 0.500. The van der Waals surface area contributed by atoms with Crippen molar-refractivity contribution >= 4 is 23.4 Å². The first-order valence-corrected chi connectivity index (χ1v) is 8.43. The van der Waals surface area contributed by atoms with Gasteiger partial charge in [0.05, 0.1) is 11.3 Å². The Morgan fingerprint density at radius 2 is 1.67 bits per heavy atom.